The number of ether oxygens (including phenoxy) is 1. The largest absolute Gasteiger partial charge is 0.494 e. The fraction of sp³-hybridized carbons (Fsp3) is 0.333. The lowest BCUT2D eigenvalue weighted by Crippen LogP contribution is -2.07. The van der Waals surface area contributed by atoms with Crippen molar-refractivity contribution in [3.63, 3.8) is 0 Å². The third kappa shape index (κ3) is 2.96. The van der Waals surface area contributed by atoms with Gasteiger partial charge in [-0.1, -0.05) is 13.8 Å². The Morgan fingerprint density at radius 3 is 2.86 bits per heavy atom. The van der Waals surface area contributed by atoms with Crippen LogP contribution in [0.4, 0.5) is 0 Å². The molecule has 22 heavy (non-hydrogen) atoms. The van der Waals surface area contributed by atoms with Gasteiger partial charge in [-0.3, -0.25) is 9.78 Å². The van der Waals surface area contributed by atoms with Crippen LogP contribution in [0.5, 0.6) is 5.75 Å². The molecule has 1 aromatic carbocycles. The number of aromatic nitrogens is 2. The van der Waals surface area contributed by atoms with Gasteiger partial charge in [-0.05, 0) is 48.4 Å². The van der Waals surface area contributed by atoms with Crippen LogP contribution in [-0.4, -0.2) is 16.6 Å². The molecule has 3 rings (SSSR count). The molecular weight excluding hydrogens is 276 g/mol. The molecule has 3 aromatic rings. The Morgan fingerprint density at radius 1 is 1.18 bits per heavy atom. The first kappa shape index (κ1) is 14.6. The zero-order valence-electron chi connectivity index (χ0n) is 12.9. The lowest BCUT2D eigenvalue weighted by Gasteiger charge is -2.09. The highest BCUT2D eigenvalue weighted by Gasteiger charge is 2.06. The van der Waals surface area contributed by atoms with Gasteiger partial charge in [0.05, 0.1) is 23.7 Å². The topological polar surface area (TPSA) is 55.0 Å². The van der Waals surface area contributed by atoms with E-state index in [4.69, 9.17) is 4.74 Å². The van der Waals surface area contributed by atoms with Gasteiger partial charge in [0.2, 0.25) is 0 Å². The zero-order valence-corrected chi connectivity index (χ0v) is 12.9. The molecule has 4 heteroatoms. The molecule has 0 fully saturated rings. The number of rotatable bonds is 5. The van der Waals surface area contributed by atoms with Crippen LogP contribution in [-0.2, 0) is 0 Å². The van der Waals surface area contributed by atoms with Gasteiger partial charge in [0.25, 0.3) is 5.56 Å². The Kier molecular flexibility index (Phi) is 4.09. The van der Waals surface area contributed by atoms with Gasteiger partial charge in [0, 0.05) is 11.6 Å². The van der Waals surface area contributed by atoms with Gasteiger partial charge in [-0.25, -0.2) is 0 Å². The molecule has 0 saturated heterocycles. The second-order valence-electron chi connectivity index (χ2n) is 5.97. The lowest BCUT2D eigenvalue weighted by molar-refractivity contribution is 0.298. The molecule has 2 aromatic heterocycles. The Bertz CT molecular complexity index is 852. The van der Waals surface area contributed by atoms with Gasteiger partial charge >= 0.3 is 0 Å². The van der Waals surface area contributed by atoms with Crippen molar-refractivity contribution in [3.05, 3.63) is 47.0 Å². The third-order valence-electron chi connectivity index (χ3n) is 3.79. The molecule has 0 unspecified atom stereocenters. The molecule has 114 valence electrons. The van der Waals surface area contributed by atoms with E-state index in [0.717, 1.165) is 34.9 Å². The molecule has 0 aliphatic carbocycles. The van der Waals surface area contributed by atoms with Gasteiger partial charge in [0.15, 0.2) is 0 Å². The molecule has 0 saturated carbocycles. The predicted molar refractivity (Wildman–Crippen MR) is 89.4 cm³/mol. The van der Waals surface area contributed by atoms with Gasteiger partial charge in [-0.2, -0.15) is 0 Å². The van der Waals surface area contributed by atoms with Crippen LogP contribution in [0.15, 0.2) is 41.5 Å². The second kappa shape index (κ2) is 6.18. The molecule has 0 spiro atoms. The standard InChI is InChI=1S/C18H20N2O2/c1-12(2)4-3-9-22-13-5-6-14-15-7-8-19-11-17(15)20-18(21)16(14)10-13/h5-8,10-12H,3-4,9H2,1-2H3,(H,20,21). The minimum Gasteiger partial charge on any atom is -0.494 e. The molecule has 0 amide bonds. The first-order valence-electron chi connectivity index (χ1n) is 7.67. The number of hydrogen-bond acceptors (Lipinski definition) is 3. The quantitative estimate of drug-likeness (QED) is 0.574. The number of pyridine rings is 2. The molecule has 4 nitrogen and oxygen atoms in total. The molecule has 0 radical (unpaired) electrons. The van der Waals surface area contributed by atoms with Crippen LogP contribution in [0.1, 0.15) is 26.7 Å². The number of hydrogen-bond donors (Lipinski definition) is 1. The maximum absolute atomic E-state index is 12.2. The SMILES string of the molecule is CC(C)CCCOc1ccc2c(c1)c(=O)[nH]c1cnccc12. The van der Waals surface area contributed by atoms with Gasteiger partial charge in [0.1, 0.15) is 5.75 Å². The number of H-pyrrole nitrogens is 1. The average molecular weight is 296 g/mol. The van der Waals surface area contributed by atoms with Crippen molar-refractivity contribution in [1.29, 1.82) is 0 Å². The van der Waals surface area contributed by atoms with Crippen molar-refractivity contribution < 1.29 is 4.74 Å². The highest BCUT2D eigenvalue weighted by atomic mass is 16.5. The van der Waals surface area contributed by atoms with Crippen LogP contribution < -0.4 is 10.3 Å². The summed E-state index contributed by atoms with van der Waals surface area (Å²) in [6.45, 7) is 5.09. The number of fused-ring (bicyclic) bond motifs is 3. The lowest BCUT2D eigenvalue weighted by atomic mass is 10.1. The summed E-state index contributed by atoms with van der Waals surface area (Å²) in [4.78, 5) is 19.1. The summed E-state index contributed by atoms with van der Waals surface area (Å²) < 4.78 is 5.77. The van der Waals surface area contributed by atoms with Crippen molar-refractivity contribution in [2.75, 3.05) is 6.61 Å². The third-order valence-corrected chi connectivity index (χ3v) is 3.79. The molecule has 0 atom stereocenters. The van der Waals surface area contributed by atoms with Gasteiger partial charge in [-0.15, -0.1) is 0 Å². The number of benzene rings is 1. The van der Waals surface area contributed by atoms with E-state index in [9.17, 15) is 4.79 Å². The zero-order chi connectivity index (χ0) is 15.5. The van der Waals surface area contributed by atoms with E-state index in [1.54, 1.807) is 12.4 Å². The molecule has 0 aliphatic rings. The van der Waals surface area contributed by atoms with Crippen LogP contribution in [0.25, 0.3) is 21.7 Å². The van der Waals surface area contributed by atoms with E-state index in [1.165, 1.54) is 0 Å². The summed E-state index contributed by atoms with van der Waals surface area (Å²) in [5.74, 6) is 1.43. The van der Waals surface area contributed by atoms with Crippen LogP contribution in [0, 0.1) is 5.92 Å². The maximum Gasteiger partial charge on any atom is 0.256 e. The summed E-state index contributed by atoms with van der Waals surface area (Å²) >= 11 is 0. The van der Waals surface area contributed by atoms with Crippen molar-refractivity contribution in [1.82, 2.24) is 9.97 Å². The Hall–Kier alpha value is -2.36. The van der Waals surface area contributed by atoms with Crippen molar-refractivity contribution in [2.24, 2.45) is 5.92 Å². The highest BCUT2D eigenvalue weighted by molar-refractivity contribution is 6.05. The molecular formula is C18H20N2O2. The second-order valence-corrected chi connectivity index (χ2v) is 5.97. The van der Waals surface area contributed by atoms with Crippen LogP contribution >= 0.6 is 0 Å². The number of nitrogens with zero attached hydrogens (tertiary/aromatic N) is 1. The first-order valence-corrected chi connectivity index (χ1v) is 7.67. The minimum absolute atomic E-state index is 0.108. The Labute approximate surface area is 129 Å². The van der Waals surface area contributed by atoms with E-state index in [1.807, 2.05) is 24.3 Å². The smallest absolute Gasteiger partial charge is 0.256 e. The molecule has 2 heterocycles. The van der Waals surface area contributed by atoms with E-state index < -0.39 is 0 Å². The average Bonchev–Trinajstić information content (AvgIpc) is 2.52. The van der Waals surface area contributed by atoms with Crippen molar-refractivity contribution in [2.45, 2.75) is 26.7 Å². The Morgan fingerprint density at radius 2 is 2.05 bits per heavy atom. The minimum atomic E-state index is -0.108. The van der Waals surface area contributed by atoms with Gasteiger partial charge < -0.3 is 9.72 Å². The summed E-state index contributed by atoms with van der Waals surface area (Å²) in [6.07, 6.45) is 5.57. The first-order chi connectivity index (χ1) is 10.6. The van der Waals surface area contributed by atoms with Crippen LogP contribution in [0.3, 0.4) is 0 Å². The summed E-state index contributed by atoms with van der Waals surface area (Å²) in [5, 5.41) is 2.58. The van der Waals surface area contributed by atoms with E-state index in [-0.39, 0.29) is 5.56 Å². The fourth-order valence-electron chi connectivity index (χ4n) is 2.64. The molecule has 1 N–H and O–H groups in total. The summed E-state index contributed by atoms with van der Waals surface area (Å²) in [5.41, 5.74) is 0.647. The highest BCUT2D eigenvalue weighted by Crippen LogP contribution is 2.24. The molecule has 0 aliphatic heterocycles. The van der Waals surface area contributed by atoms with Crippen molar-refractivity contribution >= 4 is 21.7 Å². The van der Waals surface area contributed by atoms with E-state index in [2.05, 4.69) is 23.8 Å². The maximum atomic E-state index is 12.2. The number of aromatic amines is 1. The van der Waals surface area contributed by atoms with E-state index in [0.29, 0.717) is 17.9 Å². The molecule has 0 bridgehead atoms. The van der Waals surface area contributed by atoms with E-state index >= 15 is 0 Å². The van der Waals surface area contributed by atoms with Crippen LogP contribution in [0.2, 0.25) is 0 Å². The Balaban J connectivity index is 1.91. The summed E-state index contributed by atoms with van der Waals surface area (Å²) in [7, 11) is 0. The number of nitrogens with one attached hydrogen (secondary N) is 1. The van der Waals surface area contributed by atoms with Crippen molar-refractivity contribution in [3.8, 4) is 5.75 Å². The summed E-state index contributed by atoms with van der Waals surface area (Å²) in [6, 6.07) is 7.61. The monoisotopic (exact) mass is 296 g/mol. The fourth-order valence-corrected chi connectivity index (χ4v) is 2.64. The predicted octanol–water partition coefficient (Wildman–Crippen LogP) is 3.89. The normalized spacial score (nSPS) is 11.4.